The molecule has 0 aliphatic carbocycles. The van der Waals surface area contributed by atoms with Crippen molar-refractivity contribution in [1.29, 1.82) is 0 Å². The number of methoxy groups -OCH3 is 1. The number of imide groups is 3. The molecule has 0 saturated heterocycles. The number of nitrogens with zero attached hydrogens (tertiary/aromatic N) is 3. The summed E-state index contributed by atoms with van der Waals surface area (Å²) in [6.07, 6.45) is -2.38. The highest BCUT2D eigenvalue weighted by Gasteiger charge is 2.44. The number of nitrogens with two attached hydrogens (primary N) is 2. The molecule has 0 heterocycles. The Kier molecular flexibility index (Phi) is 14.9. The van der Waals surface area contributed by atoms with E-state index in [2.05, 4.69) is 4.99 Å². The molecule has 0 aliphatic heterocycles. The van der Waals surface area contributed by atoms with Crippen LogP contribution in [0.2, 0.25) is 0 Å². The number of ether oxygens (including phenoxy) is 3. The van der Waals surface area contributed by atoms with Gasteiger partial charge < -0.3 is 30.6 Å². The van der Waals surface area contributed by atoms with Crippen LogP contribution < -0.4 is 16.2 Å². The summed E-state index contributed by atoms with van der Waals surface area (Å²) >= 11 is 0. The van der Waals surface area contributed by atoms with Crippen molar-refractivity contribution < 1.29 is 33.4 Å². The van der Waals surface area contributed by atoms with Gasteiger partial charge in [-0.05, 0) is 59.7 Å². The van der Waals surface area contributed by atoms with Crippen LogP contribution in [0.15, 0.2) is 151 Å². The van der Waals surface area contributed by atoms with Crippen LogP contribution >= 0.6 is 0 Å². The summed E-state index contributed by atoms with van der Waals surface area (Å²) in [6.45, 7) is 1.41. The van der Waals surface area contributed by atoms with Crippen LogP contribution in [0, 0.1) is 0 Å². The van der Waals surface area contributed by atoms with Crippen molar-refractivity contribution in [3.8, 4) is 5.75 Å². The normalized spacial score (nSPS) is 11.8. The second-order valence-electron chi connectivity index (χ2n) is 13.2. The number of benzene rings is 5. The van der Waals surface area contributed by atoms with Gasteiger partial charge in [-0.1, -0.05) is 133 Å². The van der Waals surface area contributed by atoms with E-state index in [4.69, 9.17) is 25.7 Å². The van der Waals surface area contributed by atoms with E-state index < -0.39 is 42.0 Å². The molecule has 5 rings (SSSR count). The minimum Gasteiger partial charge on any atom is -0.497 e. The number of guanidine groups is 1. The zero-order valence-electron chi connectivity index (χ0n) is 32.0. The first-order chi connectivity index (χ1) is 27.7. The van der Waals surface area contributed by atoms with E-state index in [1.807, 2.05) is 72.8 Å². The van der Waals surface area contributed by atoms with Gasteiger partial charge in [0.2, 0.25) is 5.91 Å². The Balaban J connectivity index is 1.63. The molecule has 5 aromatic rings. The van der Waals surface area contributed by atoms with Gasteiger partial charge in [0, 0.05) is 6.54 Å². The van der Waals surface area contributed by atoms with Crippen LogP contribution in [0.5, 0.6) is 5.75 Å². The molecule has 0 aliphatic rings. The van der Waals surface area contributed by atoms with Gasteiger partial charge in [-0.25, -0.2) is 9.59 Å². The van der Waals surface area contributed by atoms with Gasteiger partial charge in [0.05, 0.1) is 19.1 Å². The topological polar surface area (TPSA) is 167 Å². The molecular formula is C45H47N5O7. The summed E-state index contributed by atoms with van der Waals surface area (Å²) in [5.74, 6) is -1.92. The van der Waals surface area contributed by atoms with Crippen LogP contribution in [0.4, 0.5) is 9.59 Å². The first-order valence-corrected chi connectivity index (χ1v) is 18.5. The lowest BCUT2D eigenvalue weighted by Crippen LogP contribution is -2.56. The number of hydrogen-bond donors (Lipinski definition) is 2. The van der Waals surface area contributed by atoms with Crippen molar-refractivity contribution in [3.63, 3.8) is 0 Å². The van der Waals surface area contributed by atoms with E-state index >= 15 is 9.59 Å². The highest BCUT2D eigenvalue weighted by atomic mass is 16.6. The standard InChI is InChI=1S/C45H47N5O7/c1-32(35-25-27-38(55-2)28-26-35)49(42(52)40(36-20-11-5-12-21-36)37-22-13-6-14-23-37)39(24-15-29-48-43(46)47)41(51)50(44(53)56-30-33-16-7-3-8-17-33)45(54)57-31-34-18-9-4-10-19-34/h3-14,16-23,25-28,32,39-40H,15,24,29-31H2,1-2H3,(H4,46,47,48)/t32?,39-/m0/s1. The number of carbonyl (C=O) groups excluding carboxylic acids is 4. The number of amides is 4. The number of hydrogen-bond acceptors (Lipinski definition) is 8. The molecule has 12 nitrogen and oxygen atoms in total. The third-order valence-corrected chi connectivity index (χ3v) is 9.33. The molecule has 4 amide bonds. The van der Waals surface area contributed by atoms with E-state index in [1.54, 1.807) is 86.8 Å². The van der Waals surface area contributed by atoms with E-state index in [0.29, 0.717) is 38.5 Å². The minimum absolute atomic E-state index is 0.0490. The number of aliphatic imine (C=N–C) groups is 1. The quantitative estimate of drug-likeness (QED) is 0.0593. The summed E-state index contributed by atoms with van der Waals surface area (Å²) in [6, 6.07) is 41.0. The van der Waals surface area contributed by atoms with Gasteiger partial charge in [-0.3, -0.25) is 14.6 Å². The van der Waals surface area contributed by atoms with Crippen LogP contribution in [-0.2, 0) is 32.3 Å². The van der Waals surface area contributed by atoms with Crippen molar-refractivity contribution in [1.82, 2.24) is 9.80 Å². The SMILES string of the molecule is COc1ccc(C(C)N(C(=O)C(c2ccccc2)c2ccccc2)[C@@H](CCCN=C(N)N)C(=O)N(C(=O)OCc2ccccc2)C(=O)OCc2ccccc2)cc1. The fraction of sp³-hybridized carbons (Fsp3) is 0.222. The molecule has 0 fully saturated rings. The molecule has 0 bridgehead atoms. The predicted molar refractivity (Wildman–Crippen MR) is 217 cm³/mol. The van der Waals surface area contributed by atoms with Gasteiger partial charge in [-0.15, -0.1) is 4.90 Å². The smallest absolute Gasteiger partial charge is 0.426 e. The first kappa shape index (κ1) is 41.2. The second-order valence-corrected chi connectivity index (χ2v) is 13.2. The summed E-state index contributed by atoms with van der Waals surface area (Å²) in [5.41, 5.74) is 14.5. The van der Waals surface area contributed by atoms with E-state index in [9.17, 15) is 9.59 Å². The van der Waals surface area contributed by atoms with Crippen LogP contribution in [-0.4, -0.2) is 59.5 Å². The van der Waals surface area contributed by atoms with Crippen LogP contribution in [0.25, 0.3) is 0 Å². The van der Waals surface area contributed by atoms with E-state index in [0.717, 1.165) is 0 Å². The van der Waals surface area contributed by atoms with Gasteiger partial charge in [0.25, 0.3) is 5.91 Å². The largest absolute Gasteiger partial charge is 0.497 e. The van der Waals surface area contributed by atoms with Gasteiger partial charge in [0.15, 0.2) is 5.96 Å². The molecule has 1 unspecified atom stereocenters. The molecule has 294 valence electrons. The number of rotatable bonds is 16. The maximum atomic E-state index is 15.5. The molecule has 0 spiro atoms. The first-order valence-electron chi connectivity index (χ1n) is 18.5. The highest BCUT2D eigenvalue weighted by molar-refractivity contribution is 6.09. The Labute approximate surface area is 332 Å². The summed E-state index contributed by atoms with van der Waals surface area (Å²) < 4.78 is 16.6. The molecule has 0 radical (unpaired) electrons. The van der Waals surface area contributed by atoms with E-state index in [1.165, 1.54) is 4.90 Å². The van der Waals surface area contributed by atoms with Gasteiger partial charge in [-0.2, -0.15) is 0 Å². The molecular weight excluding hydrogens is 723 g/mol. The monoisotopic (exact) mass is 769 g/mol. The van der Waals surface area contributed by atoms with E-state index in [-0.39, 0.29) is 38.6 Å². The van der Waals surface area contributed by atoms with Crippen LogP contribution in [0.1, 0.15) is 59.5 Å². The zero-order valence-corrected chi connectivity index (χ0v) is 32.0. The second kappa shape index (κ2) is 20.7. The molecule has 57 heavy (non-hydrogen) atoms. The van der Waals surface area contributed by atoms with Crippen molar-refractivity contribution >= 4 is 30.0 Å². The van der Waals surface area contributed by atoms with Gasteiger partial charge >= 0.3 is 12.2 Å². The Morgan fingerprint density at radius 1 is 0.614 bits per heavy atom. The van der Waals surface area contributed by atoms with Crippen molar-refractivity contribution in [2.75, 3.05) is 13.7 Å². The molecule has 12 heteroatoms. The lowest BCUT2D eigenvalue weighted by Gasteiger charge is -2.39. The molecule has 2 atom stereocenters. The zero-order chi connectivity index (χ0) is 40.6. The predicted octanol–water partition coefficient (Wildman–Crippen LogP) is 7.34. The average Bonchev–Trinajstić information content (AvgIpc) is 3.24. The fourth-order valence-electron chi connectivity index (χ4n) is 6.42. The fourth-order valence-corrected chi connectivity index (χ4v) is 6.42. The Morgan fingerprint density at radius 2 is 1.07 bits per heavy atom. The maximum absolute atomic E-state index is 15.5. The van der Waals surface area contributed by atoms with Crippen LogP contribution in [0.3, 0.4) is 0 Å². The minimum atomic E-state index is -1.42. The lowest BCUT2D eigenvalue weighted by molar-refractivity contribution is -0.147. The Bertz CT molecular complexity index is 1980. The number of carbonyl (C=O) groups is 4. The summed E-state index contributed by atoms with van der Waals surface area (Å²) in [5, 5.41) is 0. The molecule has 0 aromatic heterocycles. The third kappa shape index (κ3) is 11.3. The van der Waals surface area contributed by atoms with Gasteiger partial charge in [0.1, 0.15) is 25.0 Å². The highest BCUT2D eigenvalue weighted by Crippen LogP contribution is 2.35. The third-order valence-electron chi connectivity index (χ3n) is 9.33. The summed E-state index contributed by atoms with van der Waals surface area (Å²) in [7, 11) is 1.55. The lowest BCUT2D eigenvalue weighted by atomic mass is 9.88. The van der Waals surface area contributed by atoms with Crippen molar-refractivity contribution in [3.05, 3.63) is 173 Å². The Hall–Kier alpha value is -6.95. The Morgan fingerprint density at radius 3 is 1.51 bits per heavy atom. The molecule has 4 N–H and O–H groups in total. The van der Waals surface area contributed by atoms with Crippen molar-refractivity contribution in [2.24, 2.45) is 16.5 Å². The maximum Gasteiger partial charge on any atom is 0.426 e. The average molecular weight is 770 g/mol. The molecule has 0 saturated carbocycles. The molecule has 5 aromatic carbocycles. The summed E-state index contributed by atoms with van der Waals surface area (Å²) in [4.78, 5) is 64.6. The van der Waals surface area contributed by atoms with Crippen molar-refractivity contribution in [2.45, 2.75) is 51.0 Å².